The number of rotatable bonds is 4. The Labute approximate surface area is 115 Å². The van der Waals surface area contributed by atoms with Crippen molar-refractivity contribution >= 4 is 22.8 Å². The fraction of sp³-hybridized carbons (Fsp3) is 0.214. The molecule has 0 aliphatic rings. The summed E-state index contributed by atoms with van der Waals surface area (Å²) >= 11 is 0. The molecule has 6 heteroatoms. The molecule has 2 N–H and O–H groups in total. The second kappa shape index (κ2) is 5.16. The Kier molecular flexibility index (Phi) is 3.20. The molecule has 0 spiro atoms. The predicted octanol–water partition coefficient (Wildman–Crippen LogP) is 1.87. The van der Waals surface area contributed by atoms with Crippen molar-refractivity contribution in [3.63, 3.8) is 0 Å². The standard InChI is InChI=1S/C14H15N5O/c1-19-8-10(11-4-2-3-5-12(11)19)6-7-13(20)17-14-15-9-16-18-14/h2-5,8-9H,6-7H2,1H3,(H2,15,16,17,18,20). The van der Waals surface area contributed by atoms with Gasteiger partial charge in [0.15, 0.2) is 0 Å². The van der Waals surface area contributed by atoms with Crippen molar-refractivity contribution in [1.82, 2.24) is 19.7 Å². The molecule has 0 saturated heterocycles. The number of nitrogens with zero attached hydrogens (tertiary/aromatic N) is 3. The third kappa shape index (κ3) is 2.40. The predicted molar refractivity (Wildman–Crippen MR) is 76.3 cm³/mol. The van der Waals surface area contributed by atoms with Crippen molar-refractivity contribution in [2.75, 3.05) is 5.32 Å². The van der Waals surface area contributed by atoms with Gasteiger partial charge >= 0.3 is 0 Å². The first-order chi connectivity index (χ1) is 9.74. The zero-order valence-corrected chi connectivity index (χ0v) is 11.1. The van der Waals surface area contributed by atoms with E-state index in [0.717, 1.165) is 0 Å². The van der Waals surface area contributed by atoms with Crippen LogP contribution >= 0.6 is 0 Å². The molecule has 0 aliphatic heterocycles. The number of nitrogens with one attached hydrogen (secondary N) is 2. The summed E-state index contributed by atoms with van der Waals surface area (Å²) in [6, 6.07) is 8.19. The quantitative estimate of drug-likeness (QED) is 0.759. The van der Waals surface area contributed by atoms with Crippen molar-refractivity contribution in [2.24, 2.45) is 7.05 Å². The third-order valence-electron chi connectivity index (χ3n) is 3.27. The normalized spacial score (nSPS) is 10.8. The number of carbonyl (C=O) groups is 1. The van der Waals surface area contributed by atoms with E-state index in [2.05, 4.69) is 43.4 Å². The number of para-hydroxylation sites is 1. The Morgan fingerprint density at radius 3 is 3.05 bits per heavy atom. The summed E-state index contributed by atoms with van der Waals surface area (Å²) in [7, 11) is 2.01. The highest BCUT2D eigenvalue weighted by atomic mass is 16.1. The van der Waals surface area contributed by atoms with Crippen molar-refractivity contribution in [3.05, 3.63) is 42.4 Å². The number of hydrogen-bond donors (Lipinski definition) is 2. The maximum absolute atomic E-state index is 11.8. The number of amides is 1. The van der Waals surface area contributed by atoms with Gasteiger partial charge in [-0.2, -0.15) is 10.1 Å². The van der Waals surface area contributed by atoms with Crippen LogP contribution in [-0.4, -0.2) is 25.7 Å². The van der Waals surface area contributed by atoms with E-state index in [1.807, 2.05) is 19.2 Å². The Morgan fingerprint density at radius 1 is 1.40 bits per heavy atom. The number of aromatic amines is 1. The molecule has 0 bridgehead atoms. The van der Waals surface area contributed by atoms with Crippen LogP contribution in [-0.2, 0) is 18.3 Å². The van der Waals surface area contributed by atoms with Crippen molar-refractivity contribution < 1.29 is 4.79 Å². The van der Waals surface area contributed by atoms with Crippen LogP contribution in [0.4, 0.5) is 5.95 Å². The van der Waals surface area contributed by atoms with Gasteiger partial charge in [-0.25, -0.2) is 5.10 Å². The maximum atomic E-state index is 11.8. The number of benzene rings is 1. The van der Waals surface area contributed by atoms with Gasteiger partial charge in [0.1, 0.15) is 6.33 Å². The van der Waals surface area contributed by atoms with E-state index in [1.165, 1.54) is 22.8 Å². The molecule has 1 amide bonds. The Morgan fingerprint density at radius 2 is 2.25 bits per heavy atom. The first kappa shape index (κ1) is 12.4. The number of hydrogen-bond acceptors (Lipinski definition) is 3. The smallest absolute Gasteiger partial charge is 0.227 e. The monoisotopic (exact) mass is 269 g/mol. The van der Waals surface area contributed by atoms with Crippen LogP contribution in [0.25, 0.3) is 10.9 Å². The number of aryl methyl sites for hydroxylation is 2. The first-order valence-corrected chi connectivity index (χ1v) is 6.42. The molecule has 0 fully saturated rings. The van der Waals surface area contributed by atoms with Crippen LogP contribution in [0.2, 0.25) is 0 Å². The fourth-order valence-corrected chi connectivity index (χ4v) is 2.33. The molecule has 3 rings (SSSR count). The van der Waals surface area contributed by atoms with E-state index in [1.54, 1.807) is 0 Å². The lowest BCUT2D eigenvalue weighted by Gasteiger charge is -2.01. The molecule has 0 saturated carbocycles. The first-order valence-electron chi connectivity index (χ1n) is 6.42. The van der Waals surface area contributed by atoms with Crippen LogP contribution < -0.4 is 5.32 Å². The largest absolute Gasteiger partial charge is 0.350 e. The minimum Gasteiger partial charge on any atom is -0.350 e. The minimum atomic E-state index is -0.0744. The van der Waals surface area contributed by atoms with Gasteiger partial charge in [-0.1, -0.05) is 18.2 Å². The van der Waals surface area contributed by atoms with Crippen LogP contribution in [0.5, 0.6) is 0 Å². The number of fused-ring (bicyclic) bond motifs is 1. The zero-order valence-electron chi connectivity index (χ0n) is 11.1. The summed E-state index contributed by atoms with van der Waals surface area (Å²) in [6.45, 7) is 0. The highest BCUT2D eigenvalue weighted by molar-refractivity contribution is 5.90. The van der Waals surface area contributed by atoms with E-state index in [0.29, 0.717) is 18.8 Å². The number of carbonyl (C=O) groups excluding carboxylic acids is 1. The van der Waals surface area contributed by atoms with Gasteiger partial charge in [0.05, 0.1) is 0 Å². The molecule has 3 aromatic rings. The van der Waals surface area contributed by atoms with Gasteiger partial charge in [-0.15, -0.1) is 0 Å². The third-order valence-corrected chi connectivity index (χ3v) is 3.27. The molecule has 0 radical (unpaired) electrons. The van der Waals surface area contributed by atoms with Crippen LogP contribution in [0.15, 0.2) is 36.8 Å². The topological polar surface area (TPSA) is 75.6 Å². The van der Waals surface area contributed by atoms with Crippen molar-refractivity contribution in [1.29, 1.82) is 0 Å². The van der Waals surface area contributed by atoms with E-state index in [9.17, 15) is 4.79 Å². The molecule has 0 atom stereocenters. The summed E-state index contributed by atoms with van der Waals surface area (Å²) in [5.74, 6) is 0.308. The maximum Gasteiger partial charge on any atom is 0.227 e. The van der Waals surface area contributed by atoms with Gasteiger partial charge in [-0.3, -0.25) is 10.1 Å². The summed E-state index contributed by atoms with van der Waals surface area (Å²) in [6.07, 6.45) is 4.54. The lowest BCUT2D eigenvalue weighted by molar-refractivity contribution is -0.116. The second-order valence-electron chi connectivity index (χ2n) is 4.66. The lowest BCUT2D eigenvalue weighted by Crippen LogP contribution is -2.13. The fourth-order valence-electron chi connectivity index (χ4n) is 2.33. The lowest BCUT2D eigenvalue weighted by atomic mass is 10.1. The molecule has 2 aromatic heterocycles. The van der Waals surface area contributed by atoms with E-state index in [-0.39, 0.29) is 5.91 Å². The van der Waals surface area contributed by atoms with Crippen LogP contribution in [0.1, 0.15) is 12.0 Å². The van der Waals surface area contributed by atoms with Crippen LogP contribution in [0.3, 0.4) is 0 Å². The summed E-state index contributed by atoms with van der Waals surface area (Å²) in [5, 5.41) is 10.2. The number of aromatic nitrogens is 4. The molecule has 0 aliphatic carbocycles. The summed E-state index contributed by atoms with van der Waals surface area (Å²) < 4.78 is 2.08. The average Bonchev–Trinajstić information content (AvgIpc) is 3.06. The van der Waals surface area contributed by atoms with Crippen LogP contribution in [0, 0.1) is 0 Å². The highest BCUT2D eigenvalue weighted by Gasteiger charge is 2.09. The van der Waals surface area contributed by atoms with Crippen molar-refractivity contribution in [2.45, 2.75) is 12.8 Å². The molecule has 102 valence electrons. The molecule has 2 heterocycles. The molecule has 1 aromatic carbocycles. The van der Waals surface area contributed by atoms with Gasteiger partial charge in [0.2, 0.25) is 11.9 Å². The number of H-pyrrole nitrogens is 1. The highest BCUT2D eigenvalue weighted by Crippen LogP contribution is 2.21. The van der Waals surface area contributed by atoms with Gasteiger partial charge < -0.3 is 4.57 Å². The Balaban J connectivity index is 1.69. The minimum absolute atomic E-state index is 0.0744. The summed E-state index contributed by atoms with van der Waals surface area (Å²) in [5.41, 5.74) is 2.36. The van der Waals surface area contributed by atoms with E-state index < -0.39 is 0 Å². The molecule has 20 heavy (non-hydrogen) atoms. The Bertz CT molecular complexity index is 729. The molecule has 6 nitrogen and oxygen atoms in total. The summed E-state index contributed by atoms with van der Waals surface area (Å²) in [4.78, 5) is 15.7. The van der Waals surface area contributed by atoms with Gasteiger partial charge in [0, 0.05) is 30.6 Å². The zero-order chi connectivity index (χ0) is 13.9. The van der Waals surface area contributed by atoms with E-state index in [4.69, 9.17) is 0 Å². The Hall–Kier alpha value is -2.63. The van der Waals surface area contributed by atoms with Gasteiger partial charge in [-0.05, 0) is 18.1 Å². The SMILES string of the molecule is Cn1cc(CCC(=O)Nc2ncn[nH]2)c2ccccc21. The molecular formula is C14H15N5O. The van der Waals surface area contributed by atoms with Gasteiger partial charge in [0.25, 0.3) is 0 Å². The van der Waals surface area contributed by atoms with E-state index >= 15 is 0 Å². The second-order valence-corrected chi connectivity index (χ2v) is 4.66. The average molecular weight is 269 g/mol. The number of anilines is 1. The molecular weight excluding hydrogens is 254 g/mol. The van der Waals surface area contributed by atoms with Crippen molar-refractivity contribution in [3.8, 4) is 0 Å². The molecule has 0 unspecified atom stereocenters.